The second-order valence-electron chi connectivity index (χ2n) is 7.44. The SMILES string of the molecule is C[C@H](NCC1CN(c2ccc(CF)cc2)CCO1)c1cccc2ccccc12. The number of anilines is 1. The molecule has 146 valence electrons. The highest BCUT2D eigenvalue weighted by Gasteiger charge is 2.21. The number of morpholine rings is 1. The lowest BCUT2D eigenvalue weighted by Gasteiger charge is -2.35. The first-order valence-corrected chi connectivity index (χ1v) is 9.97. The lowest BCUT2D eigenvalue weighted by molar-refractivity contribution is 0.0395. The Labute approximate surface area is 166 Å². The number of halogens is 1. The van der Waals surface area contributed by atoms with Crippen molar-refractivity contribution in [3.63, 3.8) is 0 Å². The Hall–Kier alpha value is -2.43. The van der Waals surface area contributed by atoms with Gasteiger partial charge in [0.2, 0.25) is 0 Å². The molecule has 0 amide bonds. The van der Waals surface area contributed by atoms with E-state index in [2.05, 4.69) is 59.6 Å². The molecule has 3 aromatic carbocycles. The molecule has 2 atom stereocenters. The number of ether oxygens (including phenoxy) is 1. The molecule has 28 heavy (non-hydrogen) atoms. The van der Waals surface area contributed by atoms with E-state index in [9.17, 15) is 4.39 Å². The van der Waals surface area contributed by atoms with Gasteiger partial charge in [0.15, 0.2) is 0 Å². The van der Waals surface area contributed by atoms with Crippen molar-refractivity contribution in [3.05, 3.63) is 77.9 Å². The summed E-state index contributed by atoms with van der Waals surface area (Å²) in [5.74, 6) is 0. The van der Waals surface area contributed by atoms with E-state index >= 15 is 0 Å². The van der Waals surface area contributed by atoms with E-state index in [1.54, 1.807) is 0 Å². The minimum Gasteiger partial charge on any atom is -0.373 e. The molecule has 3 aromatic rings. The van der Waals surface area contributed by atoms with Crippen molar-refractivity contribution in [2.24, 2.45) is 0 Å². The molecule has 1 aliphatic rings. The third-order valence-corrected chi connectivity index (χ3v) is 5.54. The summed E-state index contributed by atoms with van der Waals surface area (Å²) in [5.41, 5.74) is 3.17. The summed E-state index contributed by atoms with van der Waals surface area (Å²) in [4.78, 5) is 2.32. The minimum atomic E-state index is -0.415. The highest BCUT2D eigenvalue weighted by molar-refractivity contribution is 5.86. The van der Waals surface area contributed by atoms with Gasteiger partial charge in [-0.15, -0.1) is 0 Å². The molecule has 1 heterocycles. The maximum absolute atomic E-state index is 12.7. The standard InChI is InChI=1S/C24H27FN2O/c1-18(23-8-4-6-20-5-2-3-7-24(20)23)26-16-22-17-27(13-14-28-22)21-11-9-19(15-25)10-12-21/h2-12,18,22,26H,13-17H2,1H3/t18-,22?/m0/s1. The van der Waals surface area contributed by atoms with Crippen molar-refractivity contribution in [2.45, 2.75) is 25.7 Å². The maximum atomic E-state index is 12.7. The van der Waals surface area contributed by atoms with Gasteiger partial charge < -0.3 is 15.0 Å². The van der Waals surface area contributed by atoms with Crippen molar-refractivity contribution in [1.82, 2.24) is 5.32 Å². The number of rotatable bonds is 6. The zero-order valence-corrected chi connectivity index (χ0v) is 16.3. The molecule has 0 radical (unpaired) electrons. The molecular weight excluding hydrogens is 351 g/mol. The molecule has 1 saturated heterocycles. The van der Waals surface area contributed by atoms with Crippen molar-refractivity contribution >= 4 is 16.5 Å². The van der Waals surface area contributed by atoms with Crippen LogP contribution in [0.5, 0.6) is 0 Å². The van der Waals surface area contributed by atoms with Gasteiger partial charge in [0.1, 0.15) is 6.67 Å². The Kier molecular flexibility index (Phi) is 5.89. The van der Waals surface area contributed by atoms with Crippen LogP contribution in [-0.2, 0) is 11.4 Å². The fourth-order valence-electron chi connectivity index (χ4n) is 3.92. The summed E-state index contributed by atoms with van der Waals surface area (Å²) in [6.45, 7) is 5.00. The van der Waals surface area contributed by atoms with E-state index in [4.69, 9.17) is 4.74 Å². The van der Waals surface area contributed by atoms with Gasteiger partial charge in [0.25, 0.3) is 0 Å². The van der Waals surface area contributed by atoms with Crippen LogP contribution in [0.2, 0.25) is 0 Å². The fraction of sp³-hybridized carbons (Fsp3) is 0.333. The zero-order chi connectivity index (χ0) is 19.3. The molecule has 0 spiro atoms. The molecule has 1 unspecified atom stereocenters. The first-order valence-electron chi connectivity index (χ1n) is 9.97. The van der Waals surface area contributed by atoms with Gasteiger partial charge in [-0.05, 0) is 41.0 Å². The second-order valence-corrected chi connectivity index (χ2v) is 7.44. The molecule has 0 bridgehead atoms. The Morgan fingerprint density at radius 2 is 1.86 bits per heavy atom. The lowest BCUT2D eigenvalue weighted by Crippen LogP contribution is -2.47. The molecule has 0 aliphatic carbocycles. The predicted octanol–water partition coefficient (Wildman–Crippen LogP) is 4.87. The second kappa shape index (κ2) is 8.72. The van der Waals surface area contributed by atoms with E-state index in [1.807, 2.05) is 24.3 Å². The van der Waals surface area contributed by atoms with Crippen LogP contribution in [0.4, 0.5) is 10.1 Å². The van der Waals surface area contributed by atoms with Gasteiger partial charge in [0.05, 0.1) is 12.7 Å². The molecule has 0 saturated carbocycles. The highest BCUT2D eigenvalue weighted by Crippen LogP contribution is 2.24. The molecule has 1 fully saturated rings. The summed E-state index contributed by atoms with van der Waals surface area (Å²) in [6, 6.07) is 23.0. The Balaban J connectivity index is 1.38. The normalized spacial score (nSPS) is 18.4. The van der Waals surface area contributed by atoms with Crippen molar-refractivity contribution in [1.29, 1.82) is 0 Å². The molecule has 1 aliphatic heterocycles. The number of hydrogen-bond donors (Lipinski definition) is 1. The van der Waals surface area contributed by atoms with Crippen molar-refractivity contribution in [2.75, 3.05) is 31.1 Å². The summed E-state index contributed by atoms with van der Waals surface area (Å²) < 4.78 is 18.7. The highest BCUT2D eigenvalue weighted by atomic mass is 19.1. The third kappa shape index (κ3) is 4.18. The van der Waals surface area contributed by atoms with Crippen LogP contribution in [0.25, 0.3) is 10.8 Å². The number of hydrogen-bond acceptors (Lipinski definition) is 3. The first kappa shape index (κ1) is 18.9. The van der Waals surface area contributed by atoms with Crippen LogP contribution < -0.4 is 10.2 Å². The van der Waals surface area contributed by atoms with Crippen molar-refractivity contribution in [3.8, 4) is 0 Å². The number of alkyl halides is 1. The Morgan fingerprint density at radius 3 is 2.68 bits per heavy atom. The van der Waals surface area contributed by atoms with Crippen LogP contribution in [0.3, 0.4) is 0 Å². The zero-order valence-electron chi connectivity index (χ0n) is 16.3. The average Bonchev–Trinajstić information content (AvgIpc) is 2.77. The van der Waals surface area contributed by atoms with Gasteiger partial charge in [0, 0.05) is 31.4 Å². The molecule has 4 heteroatoms. The van der Waals surface area contributed by atoms with Crippen LogP contribution >= 0.6 is 0 Å². The van der Waals surface area contributed by atoms with Crippen LogP contribution in [-0.4, -0.2) is 32.3 Å². The van der Waals surface area contributed by atoms with Gasteiger partial charge >= 0.3 is 0 Å². The van der Waals surface area contributed by atoms with Gasteiger partial charge in [-0.25, -0.2) is 4.39 Å². The molecular formula is C24H27FN2O. The van der Waals surface area contributed by atoms with E-state index in [0.717, 1.165) is 30.9 Å². The van der Waals surface area contributed by atoms with E-state index in [0.29, 0.717) is 6.61 Å². The smallest absolute Gasteiger partial charge is 0.115 e. The first-order chi connectivity index (χ1) is 13.7. The minimum absolute atomic E-state index is 0.132. The summed E-state index contributed by atoms with van der Waals surface area (Å²) >= 11 is 0. The van der Waals surface area contributed by atoms with Crippen LogP contribution in [0.1, 0.15) is 24.1 Å². The quantitative estimate of drug-likeness (QED) is 0.663. The summed E-state index contributed by atoms with van der Waals surface area (Å²) in [6.07, 6.45) is 0.132. The molecule has 3 nitrogen and oxygen atoms in total. The molecule has 0 aromatic heterocycles. The van der Waals surface area contributed by atoms with Crippen LogP contribution in [0, 0.1) is 0 Å². The van der Waals surface area contributed by atoms with E-state index in [-0.39, 0.29) is 12.1 Å². The van der Waals surface area contributed by atoms with Gasteiger partial charge in [-0.3, -0.25) is 0 Å². The largest absolute Gasteiger partial charge is 0.373 e. The average molecular weight is 378 g/mol. The summed E-state index contributed by atoms with van der Waals surface area (Å²) in [5, 5.41) is 6.21. The predicted molar refractivity (Wildman–Crippen MR) is 114 cm³/mol. The van der Waals surface area contributed by atoms with Gasteiger partial charge in [-0.1, -0.05) is 54.6 Å². The number of fused-ring (bicyclic) bond motifs is 1. The van der Waals surface area contributed by atoms with Crippen molar-refractivity contribution < 1.29 is 9.13 Å². The molecule has 1 N–H and O–H groups in total. The van der Waals surface area contributed by atoms with Crippen LogP contribution in [0.15, 0.2) is 66.7 Å². The Morgan fingerprint density at radius 1 is 1.07 bits per heavy atom. The topological polar surface area (TPSA) is 24.5 Å². The van der Waals surface area contributed by atoms with Gasteiger partial charge in [-0.2, -0.15) is 0 Å². The maximum Gasteiger partial charge on any atom is 0.115 e. The third-order valence-electron chi connectivity index (χ3n) is 5.54. The number of nitrogens with one attached hydrogen (secondary N) is 1. The molecule has 4 rings (SSSR count). The van der Waals surface area contributed by atoms with E-state index < -0.39 is 6.67 Å². The monoisotopic (exact) mass is 378 g/mol. The lowest BCUT2D eigenvalue weighted by atomic mass is 9.99. The Bertz CT molecular complexity index is 907. The number of benzene rings is 3. The fourth-order valence-corrected chi connectivity index (χ4v) is 3.92. The van der Waals surface area contributed by atoms with E-state index in [1.165, 1.54) is 16.3 Å². The number of nitrogens with zero attached hydrogens (tertiary/aromatic N) is 1. The summed E-state index contributed by atoms with van der Waals surface area (Å²) in [7, 11) is 0.